The Labute approximate surface area is 62.5 Å². The molecule has 2 rings (SSSR count). The summed E-state index contributed by atoms with van der Waals surface area (Å²) in [6.07, 6.45) is 1.67. The summed E-state index contributed by atoms with van der Waals surface area (Å²) in [5, 5.41) is 6.72. The molecular formula is C5H6N4S. The number of hydrogen-bond acceptors (Lipinski definition) is 5. The van der Waals surface area contributed by atoms with Crippen molar-refractivity contribution in [3.05, 3.63) is 11.9 Å². The van der Waals surface area contributed by atoms with Crippen LogP contribution >= 0.6 is 11.8 Å². The Bertz CT molecular complexity index is 242. The number of thioether (sulfide) groups is 1. The van der Waals surface area contributed by atoms with Gasteiger partial charge in [0.2, 0.25) is 0 Å². The Morgan fingerprint density at radius 1 is 1.70 bits per heavy atom. The van der Waals surface area contributed by atoms with Crippen molar-refractivity contribution in [2.45, 2.75) is 0 Å². The minimum atomic E-state index is 0.669. The Morgan fingerprint density at radius 2 is 2.60 bits per heavy atom. The number of fused-ring (bicyclic) bond motifs is 1. The zero-order chi connectivity index (χ0) is 6.97. The van der Waals surface area contributed by atoms with Crippen molar-refractivity contribution in [2.75, 3.05) is 6.54 Å². The van der Waals surface area contributed by atoms with E-state index in [1.807, 2.05) is 0 Å². The highest BCUT2D eigenvalue weighted by molar-refractivity contribution is 8.25. The predicted octanol–water partition coefficient (Wildman–Crippen LogP) is 0.148. The highest BCUT2D eigenvalue weighted by Gasteiger charge is 2.18. The van der Waals surface area contributed by atoms with Crippen molar-refractivity contribution < 1.29 is 0 Å². The molecule has 0 aliphatic carbocycles. The van der Waals surface area contributed by atoms with E-state index in [0.29, 0.717) is 6.54 Å². The van der Waals surface area contributed by atoms with Crippen molar-refractivity contribution in [1.82, 2.24) is 5.01 Å². The summed E-state index contributed by atoms with van der Waals surface area (Å²) in [6.45, 7) is 0.669. The molecule has 0 unspecified atom stereocenters. The maximum Gasteiger partial charge on any atom is 0.190 e. The normalized spacial score (nSPS) is 22.2. The number of nitrogens with two attached hydrogens (primary N) is 1. The molecule has 2 heterocycles. The van der Waals surface area contributed by atoms with Crippen LogP contribution in [-0.2, 0) is 0 Å². The maximum atomic E-state index is 5.52. The lowest BCUT2D eigenvalue weighted by atomic mass is 10.4. The monoisotopic (exact) mass is 154 g/mol. The molecule has 2 aliphatic rings. The number of rotatable bonds is 0. The van der Waals surface area contributed by atoms with Crippen molar-refractivity contribution in [2.24, 2.45) is 15.8 Å². The summed E-state index contributed by atoms with van der Waals surface area (Å²) in [5.41, 5.74) is 8.03. The summed E-state index contributed by atoms with van der Waals surface area (Å²) in [5.74, 6) is 0. The lowest BCUT2D eigenvalue weighted by molar-refractivity contribution is 0.490. The summed E-state index contributed by atoms with van der Waals surface area (Å²) in [6, 6.07) is 0. The van der Waals surface area contributed by atoms with Crippen LogP contribution < -0.4 is 5.73 Å². The van der Waals surface area contributed by atoms with Crippen molar-refractivity contribution in [3.8, 4) is 0 Å². The molecule has 0 aromatic carbocycles. The molecule has 10 heavy (non-hydrogen) atoms. The van der Waals surface area contributed by atoms with Crippen LogP contribution in [0.2, 0.25) is 0 Å². The third kappa shape index (κ3) is 0.786. The first-order valence-corrected chi connectivity index (χ1v) is 3.73. The van der Waals surface area contributed by atoms with Gasteiger partial charge in [-0.1, -0.05) is 0 Å². The van der Waals surface area contributed by atoms with E-state index >= 15 is 0 Å². The molecule has 0 saturated carbocycles. The summed E-state index contributed by atoms with van der Waals surface area (Å²) >= 11 is 1.51. The molecule has 5 heteroatoms. The predicted molar refractivity (Wildman–Crippen MR) is 42.5 cm³/mol. The molecule has 52 valence electrons. The highest BCUT2D eigenvalue weighted by Crippen LogP contribution is 2.18. The van der Waals surface area contributed by atoms with Crippen LogP contribution in [-0.4, -0.2) is 22.3 Å². The van der Waals surface area contributed by atoms with Gasteiger partial charge in [-0.25, -0.2) is 10.0 Å². The van der Waals surface area contributed by atoms with E-state index in [9.17, 15) is 0 Å². The molecule has 0 fully saturated rings. The average Bonchev–Trinajstić information content (AvgIpc) is 2.33. The second-order valence-corrected chi connectivity index (χ2v) is 2.82. The van der Waals surface area contributed by atoms with Crippen LogP contribution in [0.25, 0.3) is 0 Å². The van der Waals surface area contributed by atoms with Crippen LogP contribution in [0.1, 0.15) is 0 Å². The Morgan fingerprint density at radius 3 is 3.50 bits per heavy atom. The largest absolute Gasteiger partial charge is 0.399 e. The molecule has 0 bridgehead atoms. The van der Waals surface area contributed by atoms with Crippen molar-refractivity contribution in [3.63, 3.8) is 0 Å². The second-order valence-electron chi connectivity index (χ2n) is 2.01. The van der Waals surface area contributed by atoms with Crippen LogP contribution in [0.3, 0.4) is 0 Å². The fourth-order valence-electron chi connectivity index (χ4n) is 0.795. The molecule has 0 radical (unpaired) electrons. The average molecular weight is 154 g/mol. The van der Waals surface area contributed by atoms with Gasteiger partial charge in [0, 0.05) is 5.70 Å². The minimum Gasteiger partial charge on any atom is -0.399 e. The van der Waals surface area contributed by atoms with Crippen molar-refractivity contribution >= 4 is 22.5 Å². The van der Waals surface area contributed by atoms with E-state index in [-0.39, 0.29) is 0 Å². The van der Waals surface area contributed by atoms with Gasteiger partial charge >= 0.3 is 0 Å². The molecule has 0 saturated heterocycles. The zero-order valence-corrected chi connectivity index (χ0v) is 6.01. The first-order valence-electron chi connectivity index (χ1n) is 2.85. The molecule has 2 N–H and O–H groups in total. The lowest BCUT2D eigenvalue weighted by Crippen LogP contribution is -2.27. The third-order valence-corrected chi connectivity index (χ3v) is 1.97. The van der Waals surface area contributed by atoms with Gasteiger partial charge in [-0.05, 0) is 11.8 Å². The summed E-state index contributed by atoms with van der Waals surface area (Å²) in [7, 11) is 0. The van der Waals surface area contributed by atoms with E-state index in [0.717, 1.165) is 10.9 Å². The number of amidine groups is 1. The molecule has 0 aromatic heterocycles. The van der Waals surface area contributed by atoms with Gasteiger partial charge in [0.1, 0.15) is 0 Å². The van der Waals surface area contributed by atoms with Gasteiger partial charge in [0.25, 0.3) is 0 Å². The summed E-state index contributed by atoms with van der Waals surface area (Å²) < 4.78 is 0. The zero-order valence-electron chi connectivity index (χ0n) is 5.19. The fraction of sp³-hybridized carbons (Fsp3) is 0.200. The Hall–Kier alpha value is -0.970. The van der Waals surface area contributed by atoms with Crippen molar-refractivity contribution in [1.29, 1.82) is 0 Å². The number of nitrogens with zero attached hydrogens (tertiary/aromatic N) is 3. The SMILES string of the molecule is NC1=CN=C2SC=NN2C1. The van der Waals surface area contributed by atoms with E-state index in [1.54, 1.807) is 16.8 Å². The van der Waals surface area contributed by atoms with Gasteiger partial charge in [-0.15, -0.1) is 0 Å². The van der Waals surface area contributed by atoms with Gasteiger partial charge in [-0.2, -0.15) is 5.10 Å². The fourth-order valence-corrected chi connectivity index (χ4v) is 1.40. The van der Waals surface area contributed by atoms with E-state index < -0.39 is 0 Å². The van der Waals surface area contributed by atoms with E-state index in [2.05, 4.69) is 10.1 Å². The lowest BCUT2D eigenvalue weighted by Gasteiger charge is -2.16. The van der Waals surface area contributed by atoms with Crippen LogP contribution in [0.4, 0.5) is 0 Å². The van der Waals surface area contributed by atoms with Gasteiger partial charge in [0.15, 0.2) is 5.17 Å². The Kier molecular flexibility index (Phi) is 1.17. The first-order chi connectivity index (χ1) is 4.86. The molecule has 0 aromatic rings. The molecular weight excluding hydrogens is 148 g/mol. The first kappa shape index (κ1) is 5.79. The molecule has 0 spiro atoms. The van der Waals surface area contributed by atoms with E-state index in [1.165, 1.54) is 11.8 Å². The number of aliphatic imine (C=N–C) groups is 1. The van der Waals surface area contributed by atoms with Crippen LogP contribution in [0.15, 0.2) is 22.0 Å². The highest BCUT2D eigenvalue weighted by atomic mass is 32.2. The maximum absolute atomic E-state index is 5.52. The number of hydrogen-bond donors (Lipinski definition) is 1. The van der Waals surface area contributed by atoms with Gasteiger partial charge < -0.3 is 5.73 Å². The van der Waals surface area contributed by atoms with Crippen LogP contribution in [0, 0.1) is 0 Å². The quantitative estimate of drug-likeness (QED) is 0.540. The molecule has 2 aliphatic heterocycles. The number of hydrazone groups is 1. The minimum absolute atomic E-state index is 0.669. The smallest absolute Gasteiger partial charge is 0.190 e. The summed E-state index contributed by atoms with van der Waals surface area (Å²) in [4.78, 5) is 4.07. The molecule has 0 amide bonds. The van der Waals surface area contributed by atoms with Gasteiger partial charge in [-0.3, -0.25) is 0 Å². The Balaban J connectivity index is 2.28. The molecule has 0 atom stereocenters. The van der Waals surface area contributed by atoms with E-state index in [4.69, 9.17) is 5.73 Å². The molecule has 4 nitrogen and oxygen atoms in total. The van der Waals surface area contributed by atoms with Gasteiger partial charge in [0.05, 0.1) is 18.3 Å². The topological polar surface area (TPSA) is 54.0 Å². The third-order valence-electron chi connectivity index (χ3n) is 1.24. The second kappa shape index (κ2) is 2.02. The standard InChI is InChI=1S/C5H6N4S/c6-4-1-7-5-9(2-4)8-3-10-5/h1,3H,2,6H2. The van der Waals surface area contributed by atoms with Crippen LogP contribution in [0.5, 0.6) is 0 Å².